The van der Waals surface area contributed by atoms with Crippen molar-refractivity contribution in [3.63, 3.8) is 0 Å². The summed E-state index contributed by atoms with van der Waals surface area (Å²) < 4.78 is 50.7. The number of esters is 1. The minimum Gasteiger partial charge on any atom is -0.466 e. The minimum atomic E-state index is -4.55. The van der Waals surface area contributed by atoms with Crippen LogP contribution in [0.15, 0.2) is 57.3 Å². The number of halogens is 4. The Morgan fingerprint density at radius 1 is 1.21 bits per heavy atom. The summed E-state index contributed by atoms with van der Waals surface area (Å²) in [6.07, 6.45) is -3.68. The summed E-state index contributed by atoms with van der Waals surface area (Å²) in [5, 5.41) is 3.27. The number of methoxy groups -OCH3 is 1. The van der Waals surface area contributed by atoms with Crippen molar-refractivity contribution in [1.82, 2.24) is 5.32 Å². The van der Waals surface area contributed by atoms with Gasteiger partial charge in [-0.25, -0.2) is 4.79 Å². The second-order valence-electron chi connectivity index (χ2n) is 9.32. The molecule has 1 aliphatic heterocycles. The average Bonchev–Trinajstić information content (AvgIpc) is 3.20. The van der Waals surface area contributed by atoms with E-state index in [9.17, 15) is 22.8 Å². The van der Waals surface area contributed by atoms with E-state index < -0.39 is 23.6 Å². The van der Waals surface area contributed by atoms with E-state index in [1.54, 1.807) is 13.0 Å². The summed E-state index contributed by atoms with van der Waals surface area (Å²) in [4.78, 5) is 25.9. The second-order valence-corrected chi connectivity index (χ2v) is 9.72. The number of benzene rings is 1. The number of rotatable bonds is 3. The third-order valence-corrected chi connectivity index (χ3v) is 6.45. The lowest BCUT2D eigenvalue weighted by atomic mass is 9.69. The largest absolute Gasteiger partial charge is 0.466 e. The molecule has 5 nitrogen and oxygen atoms in total. The SMILES string of the molecule is COC(=O)C1=C(C)NC2=C(C(=O)CC(C)(C)C2)C1c1ccc(-c2cc(C(F)(F)F)ccc2Cl)o1. The first-order valence-corrected chi connectivity index (χ1v) is 11.0. The Labute approximate surface area is 199 Å². The van der Waals surface area contributed by atoms with Gasteiger partial charge < -0.3 is 14.5 Å². The number of allylic oxidation sites excluding steroid dienone is 3. The van der Waals surface area contributed by atoms with Crippen LogP contribution in [0.1, 0.15) is 50.9 Å². The third kappa shape index (κ3) is 4.27. The Morgan fingerprint density at radius 2 is 1.91 bits per heavy atom. The molecule has 0 saturated heterocycles. The van der Waals surface area contributed by atoms with Crippen molar-refractivity contribution in [3.8, 4) is 11.3 Å². The lowest BCUT2D eigenvalue weighted by molar-refractivity contribution is -0.138. The summed E-state index contributed by atoms with van der Waals surface area (Å²) >= 11 is 6.18. The normalized spacial score (nSPS) is 20.2. The quantitative estimate of drug-likeness (QED) is 0.501. The molecular formula is C25H23ClF3NO4. The standard InChI is InChI=1S/C25H23ClF3NO4/c1-12-20(23(32)33-4)22(21-16(30-12)10-24(2,3)11-17(21)31)19-8-7-18(34-19)14-9-13(25(27,28)29)5-6-15(14)26/h5-9,22,30H,10-11H2,1-4H3. The fourth-order valence-corrected chi connectivity index (χ4v) is 4.85. The number of Topliss-reactive ketones (excluding diaryl/α,β-unsaturated/α-hetero) is 1. The fraction of sp³-hybridized carbons (Fsp3) is 0.360. The maximum absolute atomic E-state index is 13.2. The molecule has 2 aromatic rings. The van der Waals surface area contributed by atoms with Crippen molar-refractivity contribution >= 4 is 23.4 Å². The number of dihydropyridines is 1. The molecule has 0 bridgehead atoms. The minimum absolute atomic E-state index is 0.0577. The van der Waals surface area contributed by atoms with E-state index in [-0.39, 0.29) is 45.3 Å². The van der Waals surface area contributed by atoms with Crippen molar-refractivity contribution in [1.29, 1.82) is 0 Å². The predicted octanol–water partition coefficient (Wildman–Crippen LogP) is 6.40. The zero-order valence-corrected chi connectivity index (χ0v) is 19.8. The molecule has 0 saturated carbocycles. The number of hydrogen-bond acceptors (Lipinski definition) is 5. The Kier molecular flexibility index (Phi) is 5.92. The highest BCUT2D eigenvalue weighted by Crippen LogP contribution is 2.48. The molecule has 1 aromatic carbocycles. The molecule has 0 amide bonds. The van der Waals surface area contributed by atoms with Crippen LogP contribution in [0.3, 0.4) is 0 Å². The van der Waals surface area contributed by atoms with Crippen molar-refractivity contribution in [3.05, 3.63) is 69.2 Å². The molecule has 34 heavy (non-hydrogen) atoms. The zero-order chi connectivity index (χ0) is 25.0. The van der Waals surface area contributed by atoms with E-state index in [1.807, 2.05) is 13.8 Å². The molecule has 1 atom stereocenters. The van der Waals surface area contributed by atoms with Gasteiger partial charge in [0.1, 0.15) is 11.5 Å². The number of carbonyl (C=O) groups excluding carboxylic acids is 2. The second kappa shape index (κ2) is 8.34. The lowest BCUT2D eigenvalue weighted by Gasteiger charge is -2.38. The molecule has 4 rings (SSSR count). The highest BCUT2D eigenvalue weighted by molar-refractivity contribution is 6.33. The number of ether oxygens (including phenoxy) is 1. The van der Waals surface area contributed by atoms with Crippen LogP contribution in [0, 0.1) is 5.41 Å². The van der Waals surface area contributed by atoms with Gasteiger partial charge >= 0.3 is 12.1 Å². The molecular weight excluding hydrogens is 471 g/mol. The number of furan rings is 1. The topological polar surface area (TPSA) is 68.5 Å². The molecule has 0 radical (unpaired) electrons. The van der Waals surface area contributed by atoms with Crippen LogP contribution in [-0.4, -0.2) is 18.9 Å². The molecule has 0 spiro atoms. The molecule has 1 aliphatic carbocycles. The number of ketones is 1. The maximum Gasteiger partial charge on any atom is 0.416 e. The van der Waals surface area contributed by atoms with Crippen LogP contribution in [0.2, 0.25) is 5.02 Å². The first-order valence-electron chi connectivity index (χ1n) is 10.6. The Bertz CT molecular complexity index is 1250. The smallest absolute Gasteiger partial charge is 0.416 e. The van der Waals surface area contributed by atoms with E-state index in [2.05, 4.69) is 5.32 Å². The van der Waals surface area contributed by atoms with Gasteiger partial charge in [-0.15, -0.1) is 0 Å². The van der Waals surface area contributed by atoms with E-state index >= 15 is 0 Å². The summed E-state index contributed by atoms with van der Waals surface area (Å²) in [6.45, 7) is 5.68. The summed E-state index contributed by atoms with van der Waals surface area (Å²) in [5.74, 6) is -1.28. The first-order chi connectivity index (χ1) is 15.8. The zero-order valence-electron chi connectivity index (χ0n) is 19.0. The van der Waals surface area contributed by atoms with Gasteiger partial charge in [-0.05, 0) is 49.1 Å². The lowest BCUT2D eigenvalue weighted by Crippen LogP contribution is -2.38. The molecule has 2 aliphatic rings. The van der Waals surface area contributed by atoms with Gasteiger partial charge in [0.25, 0.3) is 0 Å². The van der Waals surface area contributed by atoms with Gasteiger partial charge in [0.2, 0.25) is 0 Å². The third-order valence-electron chi connectivity index (χ3n) is 6.12. The Balaban J connectivity index is 1.85. The molecule has 2 heterocycles. The van der Waals surface area contributed by atoms with E-state index in [0.717, 1.165) is 18.2 Å². The van der Waals surface area contributed by atoms with E-state index in [0.29, 0.717) is 23.4 Å². The maximum atomic E-state index is 13.2. The van der Waals surface area contributed by atoms with E-state index in [4.69, 9.17) is 20.8 Å². The van der Waals surface area contributed by atoms with Crippen molar-refractivity contribution in [2.45, 2.75) is 45.7 Å². The van der Waals surface area contributed by atoms with E-state index in [1.165, 1.54) is 13.2 Å². The Morgan fingerprint density at radius 3 is 2.56 bits per heavy atom. The van der Waals surface area contributed by atoms with Gasteiger partial charge in [-0.2, -0.15) is 13.2 Å². The summed E-state index contributed by atoms with van der Waals surface area (Å²) in [5.41, 5.74) is 0.764. The van der Waals surface area contributed by atoms with Crippen LogP contribution < -0.4 is 5.32 Å². The highest BCUT2D eigenvalue weighted by atomic mass is 35.5. The van der Waals surface area contributed by atoms with Gasteiger partial charge in [0.05, 0.1) is 29.2 Å². The first kappa shape index (κ1) is 24.1. The van der Waals surface area contributed by atoms with Crippen LogP contribution in [0.4, 0.5) is 13.2 Å². The average molecular weight is 494 g/mol. The predicted molar refractivity (Wildman–Crippen MR) is 120 cm³/mol. The summed E-state index contributed by atoms with van der Waals surface area (Å²) in [6, 6.07) is 6.00. The molecule has 0 fully saturated rings. The number of carbonyl (C=O) groups is 2. The Hall–Kier alpha value is -3.00. The molecule has 1 N–H and O–H groups in total. The molecule has 9 heteroatoms. The van der Waals surface area contributed by atoms with Crippen LogP contribution in [0.5, 0.6) is 0 Å². The molecule has 1 aromatic heterocycles. The van der Waals surface area contributed by atoms with Crippen LogP contribution in [-0.2, 0) is 20.5 Å². The van der Waals surface area contributed by atoms with Crippen molar-refractivity contribution < 1.29 is 31.9 Å². The monoisotopic (exact) mass is 493 g/mol. The van der Waals surface area contributed by atoms with Gasteiger partial charge in [-0.1, -0.05) is 25.4 Å². The molecule has 1 unspecified atom stereocenters. The van der Waals surface area contributed by atoms with Crippen LogP contribution >= 0.6 is 11.6 Å². The highest BCUT2D eigenvalue weighted by Gasteiger charge is 2.44. The number of alkyl halides is 3. The summed E-state index contributed by atoms with van der Waals surface area (Å²) in [7, 11) is 1.24. The number of hydrogen-bond donors (Lipinski definition) is 1. The fourth-order valence-electron chi connectivity index (χ4n) is 4.64. The van der Waals surface area contributed by atoms with Gasteiger partial charge in [0, 0.05) is 29.0 Å². The molecule has 180 valence electrons. The van der Waals surface area contributed by atoms with Crippen LogP contribution in [0.25, 0.3) is 11.3 Å². The van der Waals surface area contributed by atoms with Gasteiger partial charge in [0.15, 0.2) is 5.78 Å². The number of nitrogens with one attached hydrogen (secondary N) is 1. The van der Waals surface area contributed by atoms with Crippen molar-refractivity contribution in [2.24, 2.45) is 5.41 Å². The van der Waals surface area contributed by atoms with Crippen molar-refractivity contribution in [2.75, 3.05) is 7.11 Å². The van der Waals surface area contributed by atoms with Gasteiger partial charge in [-0.3, -0.25) is 4.79 Å².